The van der Waals surface area contributed by atoms with E-state index in [-0.39, 0.29) is 0 Å². The Labute approximate surface area is 155 Å². The van der Waals surface area contributed by atoms with Crippen LogP contribution in [0.5, 0.6) is 0 Å². The van der Waals surface area contributed by atoms with Crippen LogP contribution in [-0.4, -0.2) is 57.4 Å². The molecule has 0 bridgehead atoms. The summed E-state index contributed by atoms with van der Waals surface area (Å²) in [4.78, 5) is 18.0. The molecule has 1 fully saturated rings. The molecule has 1 aliphatic carbocycles. The molecule has 1 aromatic carbocycles. The summed E-state index contributed by atoms with van der Waals surface area (Å²) in [6, 6.07) is 7.56. The lowest BCUT2D eigenvalue weighted by molar-refractivity contribution is 0.115. The topological polar surface area (TPSA) is 75.2 Å². The fourth-order valence-corrected chi connectivity index (χ4v) is 2.34. The summed E-state index contributed by atoms with van der Waals surface area (Å²) in [5.74, 6) is 1.65. The van der Waals surface area contributed by atoms with Gasteiger partial charge in [-0.15, -0.1) is 0 Å². The predicted octanol–water partition coefficient (Wildman–Crippen LogP) is 2.69. The van der Waals surface area contributed by atoms with E-state index in [4.69, 9.17) is 4.74 Å². The first-order chi connectivity index (χ1) is 12.6. The molecule has 0 saturated heterocycles. The van der Waals surface area contributed by atoms with Crippen LogP contribution in [0.4, 0.5) is 10.5 Å². The van der Waals surface area contributed by atoms with Gasteiger partial charge >= 0.3 is 6.09 Å². The molecular weight excluding hydrogens is 332 g/mol. The van der Waals surface area contributed by atoms with Crippen molar-refractivity contribution in [3.05, 3.63) is 29.8 Å². The fourth-order valence-electron chi connectivity index (χ4n) is 2.34. The lowest BCUT2D eigenvalue weighted by Crippen LogP contribution is -2.40. The quantitative estimate of drug-likeness (QED) is 0.401. The van der Waals surface area contributed by atoms with Crippen LogP contribution in [0, 0.1) is 5.92 Å². The Morgan fingerprint density at radius 2 is 2.04 bits per heavy atom. The second-order valence-electron chi connectivity index (χ2n) is 6.42. The zero-order valence-corrected chi connectivity index (χ0v) is 16.0. The number of methoxy groups -OCH3 is 1. The number of amides is 1. The Kier molecular flexibility index (Phi) is 8.21. The van der Waals surface area contributed by atoms with Crippen molar-refractivity contribution in [3.63, 3.8) is 0 Å². The molecule has 0 aliphatic heterocycles. The molecule has 1 amide bonds. The van der Waals surface area contributed by atoms with E-state index in [1.807, 2.05) is 31.3 Å². The highest BCUT2D eigenvalue weighted by atomic mass is 16.5. The Morgan fingerprint density at radius 1 is 1.31 bits per heavy atom. The summed E-state index contributed by atoms with van der Waals surface area (Å²) in [7, 11) is 3.36. The van der Waals surface area contributed by atoms with Crippen LogP contribution in [0.1, 0.15) is 25.3 Å². The summed E-state index contributed by atoms with van der Waals surface area (Å²) in [6.07, 6.45) is 2.15. The highest BCUT2D eigenvalue weighted by Gasteiger charge is 2.21. The van der Waals surface area contributed by atoms with E-state index in [2.05, 4.69) is 32.2 Å². The third-order valence-electron chi connectivity index (χ3n) is 4.12. The van der Waals surface area contributed by atoms with Gasteiger partial charge in [0, 0.05) is 32.4 Å². The fraction of sp³-hybridized carbons (Fsp3) is 0.579. The molecule has 0 radical (unpaired) electrons. The zero-order valence-electron chi connectivity index (χ0n) is 16.0. The van der Waals surface area contributed by atoms with Crippen molar-refractivity contribution < 1.29 is 14.3 Å². The standard InChI is InChI=1S/C19H30N4O3/c1-4-20-18(23(2)11-12-26-14-16-5-6-16)21-13-15-7-9-17(10-8-15)22-19(24)25-3/h7-10,16H,4-6,11-14H2,1-3H3,(H,20,21)(H,22,24). The first-order valence-corrected chi connectivity index (χ1v) is 9.13. The van der Waals surface area contributed by atoms with Gasteiger partial charge in [-0.1, -0.05) is 12.1 Å². The van der Waals surface area contributed by atoms with Gasteiger partial charge in [-0.3, -0.25) is 5.32 Å². The van der Waals surface area contributed by atoms with Crippen molar-refractivity contribution in [1.29, 1.82) is 0 Å². The van der Waals surface area contributed by atoms with Crippen LogP contribution in [-0.2, 0) is 16.0 Å². The smallest absolute Gasteiger partial charge is 0.411 e. The number of likely N-dealkylation sites (N-methyl/N-ethyl adjacent to an activating group) is 1. The van der Waals surface area contributed by atoms with Gasteiger partial charge in [0.25, 0.3) is 0 Å². The summed E-state index contributed by atoms with van der Waals surface area (Å²) in [6.45, 7) is 5.84. The molecule has 7 nitrogen and oxygen atoms in total. The first kappa shape index (κ1) is 20.0. The van der Waals surface area contributed by atoms with Gasteiger partial charge < -0.3 is 19.7 Å². The molecular formula is C19H30N4O3. The first-order valence-electron chi connectivity index (χ1n) is 9.13. The van der Waals surface area contributed by atoms with Gasteiger partial charge in [0.2, 0.25) is 0 Å². The second kappa shape index (κ2) is 10.7. The van der Waals surface area contributed by atoms with Crippen molar-refractivity contribution in [1.82, 2.24) is 10.2 Å². The van der Waals surface area contributed by atoms with Gasteiger partial charge in [0.1, 0.15) is 0 Å². The van der Waals surface area contributed by atoms with Gasteiger partial charge in [0.05, 0.1) is 20.3 Å². The maximum Gasteiger partial charge on any atom is 0.411 e. The number of nitrogens with one attached hydrogen (secondary N) is 2. The second-order valence-corrected chi connectivity index (χ2v) is 6.42. The van der Waals surface area contributed by atoms with E-state index in [0.717, 1.165) is 37.1 Å². The Balaban J connectivity index is 1.82. The molecule has 26 heavy (non-hydrogen) atoms. The Bertz CT molecular complexity index is 585. The number of hydrogen-bond donors (Lipinski definition) is 2. The van der Waals surface area contributed by atoms with Crippen LogP contribution in [0.2, 0.25) is 0 Å². The summed E-state index contributed by atoms with van der Waals surface area (Å²) >= 11 is 0. The van der Waals surface area contributed by atoms with Gasteiger partial charge in [-0.2, -0.15) is 0 Å². The van der Waals surface area contributed by atoms with E-state index in [9.17, 15) is 4.79 Å². The molecule has 0 unspecified atom stereocenters. The molecule has 1 aliphatic rings. The minimum Gasteiger partial charge on any atom is -0.453 e. The normalized spacial score (nSPS) is 14.0. The zero-order chi connectivity index (χ0) is 18.8. The number of benzene rings is 1. The molecule has 0 aromatic heterocycles. The summed E-state index contributed by atoms with van der Waals surface area (Å²) < 4.78 is 10.3. The highest BCUT2D eigenvalue weighted by Crippen LogP contribution is 2.28. The van der Waals surface area contributed by atoms with E-state index < -0.39 is 6.09 Å². The van der Waals surface area contributed by atoms with E-state index in [0.29, 0.717) is 18.8 Å². The summed E-state index contributed by atoms with van der Waals surface area (Å²) in [5, 5.41) is 5.94. The lowest BCUT2D eigenvalue weighted by Gasteiger charge is -2.22. The number of ether oxygens (including phenoxy) is 2. The third kappa shape index (κ3) is 7.31. The maximum atomic E-state index is 11.2. The lowest BCUT2D eigenvalue weighted by atomic mass is 10.2. The molecule has 1 aromatic rings. The number of guanidine groups is 1. The predicted molar refractivity (Wildman–Crippen MR) is 103 cm³/mol. The van der Waals surface area contributed by atoms with Crippen LogP contribution in [0.3, 0.4) is 0 Å². The average molecular weight is 362 g/mol. The monoisotopic (exact) mass is 362 g/mol. The van der Waals surface area contributed by atoms with Crippen LogP contribution < -0.4 is 10.6 Å². The molecule has 2 N–H and O–H groups in total. The molecule has 7 heteroatoms. The number of carbonyl (C=O) groups excluding carboxylic acids is 1. The minimum absolute atomic E-state index is 0.476. The van der Waals surface area contributed by atoms with E-state index in [1.165, 1.54) is 20.0 Å². The average Bonchev–Trinajstić information content (AvgIpc) is 3.47. The Hall–Kier alpha value is -2.28. The largest absolute Gasteiger partial charge is 0.453 e. The van der Waals surface area contributed by atoms with Crippen molar-refractivity contribution in [2.24, 2.45) is 10.9 Å². The van der Waals surface area contributed by atoms with Crippen molar-refractivity contribution in [3.8, 4) is 0 Å². The minimum atomic E-state index is -0.476. The number of nitrogens with zero attached hydrogens (tertiary/aromatic N) is 2. The maximum absolute atomic E-state index is 11.2. The molecule has 144 valence electrons. The van der Waals surface area contributed by atoms with E-state index in [1.54, 1.807) is 0 Å². The van der Waals surface area contributed by atoms with E-state index >= 15 is 0 Å². The highest BCUT2D eigenvalue weighted by molar-refractivity contribution is 5.84. The molecule has 2 rings (SSSR count). The number of anilines is 1. The molecule has 0 spiro atoms. The van der Waals surface area contributed by atoms with Crippen LogP contribution in [0.25, 0.3) is 0 Å². The van der Waals surface area contributed by atoms with Crippen molar-refractivity contribution in [2.45, 2.75) is 26.3 Å². The number of hydrogen-bond acceptors (Lipinski definition) is 4. The SMILES string of the molecule is CCNC(=NCc1ccc(NC(=O)OC)cc1)N(C)CCOCC1CC1. The van der Waals surface area contributed by atoms with Gasteiger partial charge in [0.15, 0.2) is 5.96 Å². The van der Waals surface area contributed by atoms with Crippen molar-refractivity contribution >= 4 is 17.7 Å². The number of carbonyl (C=O) groups is 1. The number of aliphatic imine (C=N–C) groups is 1. The third-order valence-corrected chi connectivity index (χ3v) is 4.12. The van der Waals surface area contributed by atoms with Gasteiger partial charge in [-0.05, 0) is 43.4 Å². The Morgan fingerprint density at radius 3 is 2.65 bits per heavy atom. The summed E-state index contributed by atoms with van der Waals surface area (Å²) in [5.41, 5.74) is 1.76. The molecule has 1 saturated carbocycles. The van der Waals surface area contributed by atoms with Gasteiger partial charge in [-0.25, -0.2) is 9.79 Å². The number of rotatable bonds is 9. The molecule has 0 heterocycles. The van der Waals surface area contributed by atoms with Crippen molar-refractivity contribution in [2.75, 3.05) is 45.8 Å². The van der Waals surface area contributed by atoms with Crippen LogP contribution in [0.15, 0.2) is 29.3 Å². The molecule has 0 atom stereocenters. The van der Waals surface area contributed by atoms with Crippen LogP contribution >= 0.6 is 0 Å².